The molecule has 1 atom stereocenters. The van der Waals surface area contributed by atoms with Gasteiger partial charge in [0.05, 0.1) is 16.8 Å². The van der Waals surface area contributed by atoms with Crippen molar-refractivity contribution < 1.29 is 13.5 Å². The number of hydrogen-bond acceptors (Lipinski definition) is 5. The number of likely N-dealkylation sites (N-methyl/N-ethyl adjacent to an activating group) is 1. The number of hydrogen-bond donors (Lipinski definition) is 2. The van der Waals surface area contributed by atoms with Crippen LogP contribution in [0.15, 0.2) is 29.2 Å². The van der Waals surface area contributed by atoms with Crippen molar-refractivity contribution in [3.63, 3.8) is 0 Å². The highest BCUT2D eigenvalue weighted by atomic mass is 32.2. The van der Waals surface area contributed by atoms with Crippen LogP contribution in [0.2, 0.25) is 0 Å². The Morgan fingerprint density at radius 3 is 2.40 bits per heavy atom. The lowest BCUT2D eigenvalue weighted by atomic mass is 10.2. The van der Waals surface area contributed by atoms with Crippen LogP contribution in [0.1, 0.15) is 12.5 Å². The van der Waals surface area contributed by atoms with Crippen LogP contribution in [-0.4, -0.2) is 55.4 Å². The van der Waals surface area contributed by atoms with Gasteiger partial charge in [0, 0.05) is 18.7 Å². The Bertz CT molecular complexity index is 553. The number of thiocarbonyl (C=S) groups is 1. The van der Waals surface area contributed by atoms with Gasteiger partial charge in [0.1, 0.15) is 4.99 Å². The third-order valence-corrected chi connectivity index (χ3v) is 4.76. The summed E-state index contributed by atoms with van der Waals surface area (Å²) in [5.74, 6) is 0.00262. The fourth-order valence-corrected chi connectivity index (χ4v) is 3.24. The highest BCUT2D eigenvalue weighted by Gasteiger charge is 2.16. The number of aliphatic hydroxyl groups excluding tert-OH is 1. The van der Waals surface area contributed by atoms with Crippen LogP contribution in [0.25, 0.3) is 0 Å². The van der Waals surface area contributed by atoms with Crippen molar-refractivity contribution in [1.82, 2.24) is 4.90 Å². The van der Waals surface area contributed by atoms with Crippen LogP contribution < -0.4 is 5.73 Å². The predicted octanol–water partition coefficient (Wildman–Crippen LogP) is 0.407. The van der Waals surface area contributed by atoms with Crippen LogP contribution >= 0.6 is 12.2 Å². The first kappa shape index (κ1) is 17.0. The van der Waals surface area contributed by atoms with Gasteiger partial charge in [-0.05, 0) is 26.1 Å². The molecule has 112 valence electrons. The summed E-state index contributed by atoms with van der Waals surface area (Å²) in [6.07, 6.45) is -0.479. The third-order valence-electron chi connectivity index (χ3n) is 2.82. The molecule has 5 nitrogen and oxygen atoms in total. The number of benzene rings is 1. The van der Waals surface area contributed by atoms with Crippen LogP contribution in [0.4, 0.5) is 0 Å². The largest absolute Gasteiger partial charge is 0.392 e. The number of sulfone groups is 1. The maximum Gasteiger partial charge on any atom is 0.179 e. The van der Waals surface area contributed by atoms with Crippen LogP contribution in [0, 0.1) is 0 Å². The summed E-state index contributed by atoms with van der Waals surface area (Å²) >= 11 is 4.82. The van der Waals surface area contributed by atoms with E-state index in [1.165, 1.54) is 12.1 Å². The molecule has 0 heterocycles. The number of rotatable bonds is 7. The van der Waals surface area contributed by atoms with Gasteiger partial charge in [0.15, 0.2) is 9.84 Å². The monoisotopic (exact) mass is 316 g/mol. The molecule has 0 amide bonds. The molecule has 0 aromatic heterocycles. The summed E-state index contributed by atoms with van der Waals surface area (Å²) in [6.45, 7) is 2.47. The van der Waals surface area contributed by atoms with Crippen LogP contribution in [0.5, 0.6) is 0 Å². The molecule has 1 unspecified atom stereocenters. The molecule has 0 bridgehead atoms. The molecular formula is C13H20N2O3S2. The first-order valence-corrected chi connectivity index (χ1v) is 8.27. The van der Waals surface area contributed by atoms with Gasteiger partial charge < -0.3 is 15.7 Å². The summed E-state index contributed by atoms with van der Waals surface area (Å²) in [5, 5.41) is 9.24. The summed E-state index contributed by atoms with van der Waals surface area (Å²) in [5.41, 5.74) is 6.11. The SMILES string of the molecule is CC(O)CN(C)CCS(=O)(=O)c1ccc(C(N)=S)cc1. The molecule has 1 aromatic rings. The molecule has 1 rings (SSSR count). The highest BCUT2D eigenvalue weighted by Crippen LogP contribution is 2.12. The minimum absolute atomic E-state index is 0.00262. The van der Waals surface area contributed by atoms with Crippen molar-refractivity contribution in [2.75, 3.05) is 25.9 Å². The molecule has 0 radical (unpaired) electrons. The van der Waals surface area contributed by atoms with Gasteiger partial charge >= 0.3 is 0 Å². The first-order chi connectivity index (χ1) is 9.22. The first-order valence-electron chi connectivity index (χ1n) is 6.21. The standard InChI is InChI=1S/C13H20N2O3S2/c1-10(16)9-15(2)7-8-20(17,18)12-5-3-11(4-6-12)13(14)19/h3-6,10,16H,7-9H2,1-2H3,(H2,14,19). The third kappa shape index (κ3) is 5.16. The predicted molar refractivity (Wildman–Crippen MR) is 83.6 cm³/mol. The molecule has 0 fully saturated rings. The van der Waals surface area contributed by atoms with E-state index >= 15 is 0 Å². The molecule has 20 heavy (non-hydrogen) atoms. The maximum absolute atomic E-state index is 12.2. The quantitative estimate of drug-likeness (QED) is 0.709. The molecule has 0 aliphatic rings. The Balaban J connectivity index is 2.71. The molecule has 0 saturated heterocycles. The van der Waals surface area contributed by atoms with E-state index in [0.717, 1.165) is 0 Å². The Labute approximate surface area is 125 Å². The second-order valence-corrected chi connectivity index (χ2v) is 7.37. The van der Waals surface area contributed by atoms with E-state index in [-0.39, 0.29) is 15.6 Å². The van der Waals surface area contributed by atoms with Crippen molar-refractivity contribution in [1.29, 1.82) is 0 Å². The van der Waals surface area contributed by atoms with E-state index in [1.54, 1.807) is 31.0 Å². The van der Waals surface area contributed by atoms with Gasteiger partial charge in [0.25, 0.3) is 0 Å². The second-order valence-electron chi connectivity index (χ2n) is 4.82. The Morgan fingerprint density at radius 1 is 1.40 bits per heavy atom. The lowest BCUT2D eigenvalue weighted by Gasteiger charge is -2.18. The molecule has 0 aliphatic carbocycles. The molecule has 7 heteroatoms. The fourth-order valence-electron chi connectivity index (χ4n) is 1.76. The summed E-state index contributed by atoms with van der Waals surface area (Å²) < 4.78 is 24.3. The highest BCUT2D eigenvalue weighted by molar-refractivity contribution is 7.91. The lowest BCUT2D eigenvalue weighted by Crippen LogP contribution is -2.31. The Kier molecular flexibility index (Phi) is 6.07. The Hall–Kier alpha value is -1.02. The number of nitrogens with zero attached hydrogens (tertiary/aromatic N) is 1. The maximum atomic E-state index is 12.2. The smallest absolute Gasteiger partial charge is 0.179 e. The molecular weight excluding hydrogens is 296 g/mol. The molecule has 1 aromatic carbocycles. The minimum atomic E-state index is -3.34. The van der Waals surface area contributed by atoms with E-state index in [0.29, 0.717) is 18.7 Å². The van der Waals surface area contributed by atoms with Gasteiger partial charge in [-0.3, -0.25) is 0 Å². The lowest BCUT2D eigenvalue weighted by molar-refractivity contribution is 0.145. The van der Waals surface area contributed by atoms with E-state index in [4.69, 9.17) is 18.0 Å². The summed E-state index contributed by atoms with van der Waals surface area (Å²) in [6, 6.07) is 6.24. The van der Waals surface area contributed by atoms with Crippen molar-refractivity contribution in [2.24, 2.45) is 5.73 Å². The van der Waals surface area contributed by atoms with E-state index < -0.39 is 15.9 Å². The summed E-state index contributed by atoms with van der Waals surface area (Å²) in [7, 11) is -1.56. The van der Waals surface area contributed by atoms with Crippen molar-refractivity contribution in [3.8, 4) is 0 Å². The van der Waals surface area contributed by atoms with Gasteiger partial charge in [-0.15, -0.1) is 0 Å². The van der Waals surface area contributed by atoms with E-state index in [9.17, 15) is 13.5 Å². The Morgan fingerprint density at radius 2 is 1.95 bits per heavy atom. The fraction of sp³-hybridized carbons (Fsp3) is 0.462. The van der Waals surface area contributed by atoms with E-state index in [1.807, 2.05) is 0 Å². The van der Waals surface area contributed by atoms with Crippen LogP contribution in [0.3, 0.4) is 0 Å². The topological polar surface area (TPSA) is 83.6 Å². The van der Waals surface area contributed by atoms with Crippen LogP contribution in [-0.2, 0) is 9.84 Å². The van der Waals surface area contributed by atoms with Gasteiger partial charge in [-0.25, -0.2) is 8.42 Å². The molecule has 0 aliphatic heterocycles. The number of nitrogens with two attached hydrogens (primary N) is 1. The summed E-state index contributed by atoms with van der Waals surface area (Å²) in [4.78, 5) is 2.28. The van der Waals surface area contributed by atoms with Crippen molar-refractivity contribution >= 4 is 27.0 Å². The zero-order valence-corrected chi connectivity index (χ0v) is 13.2. The van der Waals surface area contributed by atoms with Crippen molar-refractivity contribution in [2.45, 2.75) is 17.9 Å². The van der Waals surface area contributed by atoms with Gasteiger partial charge in [0.2, 0.25) is 0 Å². The normalized spacial score (nSPS) is 13.4. The minimum Gasteiger partial charge on any atom is -0.392 e. The molecule has 0 saturated carbocycles. The zero-order valence-electron chi connectivity index (χ0n) is 11.6. The second kappa shape index (κ2) is 7.12. The average Bonchev–Trinajstić information content (AvgIpc) is 2.36. The van der Waals surface area contributed by atoms with Gasteiger partial charge in [-0.1, -0.05) is 24.4 Å². The zero-order chi connectivity index (χ0) is 15.3. The number of aliphatic hydroxyl groups is 1. The van der Waals surface area contributed by atoms with Gasteiger partial charge in [-0.2, -0.15) is 0 Å². The average molecular weight is 316 g/mol. The molecule has 0 spiro atoms. The van der Waals surface area contributed by atoms with Crippen molar-refractivity contribution in [3.05, 3.63) is 29.8 Å². The van der Waals surface area contributed by atoms with E-state index in [2.05, 4.69) is 0 Å². The molecule has 3 N–H and O–H groups in total.